The van der Waals surface area contributed by atoms with Crippen LogP contribution in [0.2, 0.25) is 0 Å². The molecule has 1 aliphatic rings. The number of para-hydroxylation sites is 1. The minimum Gasteiger partial charge on any atom is -0.452 e. The summed E-state index contributed by atoms with van der Waals surface area (Å²) in [7, 11) is 0. The Morgan fingerprint density at radius 3 is 2.68 bits per heavy atom. The molecule has 1 atom stereocenters. The lowest BCUT2D eigenvalue weighted by Gasteiger charge is -2.23. The summed E-state index contributed by atoms with van der Waals surface area (Å²) < 4.78 is 5.04. The van der Waals surface area contributed by atoms with Crippen molar-refractivity contribution in [1.29, 1.82) is 0 Å². The predicted molar refractivity (Wildman–Crippen MR) is 112 cm³/mol. The smallest absolute Gasteiger partial charge is 0.321 e. The standard InChI is InChI=1S/C21H27N5O5/c1-13(19(28)24-21(30)23-14-7-3-2-4-8-14)31-17(27)11-12-22-20(29)18-15-9-5-6-10-16(15)25-26-18/h5-6,9-10,13-14H,2-4,7-8,11-12H2,1H3,(H,22,29)(H,25,26)(H2,23,24,28,30). The molecule has 10 heteroatoms. The van der Waals surface area contributed by atoms with Crippen LogP contribution in [0.4, 0.5) is 4.79 Å². The lowest BCUT2D eigenvalue weighted by Crippen LogP contribution is -2.48. The monoisotopic (exact) mass is 429 g/mol. The molecule has 1 aromatic carbocycles. The largest absolute Gasteiger partial charge is 0.452 e. The van der Waals surface area contributed by atoms with Gasteiger partial charge >= 0.3 is 12.0 Å². The van der Waals surface area contributed by atoms with Gasteiger partial charge in [-0.25, -0.2) is 4.79 Å². The summed E-state index contributed by atoms with van der Waals surface area (Å²) in [6, 6.07) is 6.68. The first-order valence-corrected chi connectivity index (χ1v) is 10.5. The molecule has 0 spiro atoms. The molecule has 166 valence electrons. The number of esters is 1. The molecule has 1 heterocycles. The Balaban J connectivity index is 1.37. The first-order valence-electron chi connectivity index (χ1n) is 10.5. The molecule has 4 amide bonds. The summed E-state index contributed by atoms with van der Waals surface area (Å²) >= 11 is 0. The summed E-state index contributed by atoms with van der Waals surface area (Å²) in [5, 5.41) is 15.0. The summed E-state index contributed by atoms with van der Waals surface area (Å²) in [6.45, 7) is 1.41. The third-order valence-electron chi connectivity index (χ3n) is 5.15. The number of hydrogen-bond acceptors (Lipinski definition) is 6. The van der Waals surface area contributed by atoms with Crippen molar-refractivity contribution in [3.8, 4) is 0 Å². The highest BCUT2D eigenvalue weighted by Crippen LogP contribution is 2.17. The van der Waals surface area contributed by atoms with Crippen molar-refractivity contribution in [1.82, 2.24) is 26.1 Å². The molecule has 1 saturated carbocycles. The van der Waals surface area contributed by atoms with Crippen LogP contribution in [-0.4, -0.2) is 52.7 Å². The van der Waals surface area contributed by atoms with Gasteiger partial charge in [-0.1, -0.05) is 37.5 Å². The van der Waals surface area contributed by atoms with Gasteiger partial charge in [0.1, 0.15) is 0 Å². The normalized spacial score (nSPS) is 15.1. The number of fused-ring (bicyclic) bond motifs is 1. The van der Waals surface area contributed by atoms with Crippen molar-refractivity contribution < 1.29 is 23.9 Å². The van der Waals surface area contributed by atoms with Gasteiger partial charge in [-0.3, -0.25) is 24.8 Å². The molecule has 1 aromatic heterocycles. The van der Waals surface area contributed by atoms with E-state index >= 15 is 0 Å². The van der Waals surface area contributed by atoms with E-state index in [4.69, 9.17) is 4.74 Å². The van der Waals surface area contributed by atoms with Crippen LogP contribution in [0.3, 0.4) is 0 Å². The Labute approximate surface area is 179 Å². The number of benzene rings is 1. The number of aromatic amines is 1. The van der Waals surface area contributed by atoms with Crippen LogP contribution in [0.15, 0.2) is 24.3 Å². The van der Waals surface area contributed by atoms with Crippen LogP contribution in [-0.2, 0) is 14.3 Å². The van der Waals surface area contributed by atoms with Gasteiger partial charge in [-0.2, -0.15) is 5.10 Å². The number of aromatic nitrogens is 2. The summed E-state index contributed by atoms with van der Waals surface area (Å²) in [5.74, 6) is -1.79. The van der Waals surface area contributed by atoms with Gasteiger partial charge < -0.3 is 15.4 Å². The second-order valence-corrected chi connectivity index (χ2v) is 7.55. The van der Waals surface area contributed by atoms with E-state index in [-0.39, 0.29) is 24.7 Å². The zero-order valence-electron chi connectivity index (χ0n) is 17.4. The lowest BCUT2D eigenvalue weighted by molar-refractivity contribution is -0.154. The number of ether oxygens (including phenoxy) is 1. The van der Waals surface area contributed by atoms with E-state index in [2.05, 4.69) is 26.1 Å². The molecule has 1 aliphatic carbocycles. The maximum atomic E-state index is 12.3. The van der Waals surface area contributed by atoms with Gasteiger partial charge in [0, 0.05) is 18.0 Å². The number of nitrogens with one attached hydrogen (secondary N) is 4. The molecule has 1 fully saturated rings. The number of amides is 4. The van der Waals surface area contributed by atoms with Gasteiger partial charge in [0.05, 0.1) is 11.9 Å². The van der Waals surface area contributed by atoms with Crippen LogP contribution in [0.1, 0.15) is 55.9 Å². The number of rotatable bonds is 7. The molecule has 10 nitrogen and oxygen atoms in total. The van der Waals surface area contributed by atoms with E-state index in [0.717, 1.165) is 37.6 Å². The van der Waals surface area contributed by atoms with Crippen LogP contribution >= 0.6 is 0 Å². The summed E-state index contributed by atoms with van der Waals surface area (Å²) in [5.41, 5.74) is 0.972. The molecule has 2 aromatic rings. The van der Waals surface area contributed by atoms with E-state index in [9.17, 15) is 19.2 Å². The Kier molecular flexibility index (Phi) is 7.58. The molecule has 0 radical (unpaired) electrons. The van der Waals surface area contributed by atoms with E-state index in [1.807, 2.05) is 6.07 Å². The molecule has 0 aliphatic heterocycles. The highest BCUT2D eigenvalue weighted by atomic mass is 16.5. The van der Waals surface area contributed by atoms with Gasteiger partial charge in [-0.15, -0.1) is 0 Å². The Morgan fingerprint density at radius 2 is 1.90 bits per heavy atom. The first-order chi connectivity index (χ1) is 14.9. The second-order valence-electron chi connectivity index (χ2n) is 7.55. The molecule has 3 rings (SSSR count). The van der Waals surface area contributed by atoms with Crippen molar-refractivity contribution in [2.45, 2.75) is 57.6 Å². The summed E-state index contributed by atoms with van der Waals surface area (Å²) in [6.07, 6.45) is 3.80. The van der Waals surface area contributed by atoms with Crippen LogP contribution in [0.25, 0.3) is 10.9 Å². The highest BCUT2D eigenvalue weighted by molar-refractivity contribution is 6.04. The second kappa shape index (κ2) is 10.6. The number of H-pyrrole nitrogens is 1. The van der Waals surface area contributed by atoms with Gasteiger partial charge in [0.25, 0.3) is 11.8 Å². The van der Waals surface area contributed by atoms with Gasteiger partial charge in [0.15, 0.2) is 11.8 Å². The SMILES string of the molecule is CC(OC(=O)CCNC(=O)c1n[nH]c2ccccc12)C(=O)NC(=O)NC1CCCCC1. The van der Waals surface area contributed by atoms with E-state index in [1.165, 1.54) is 6.92 Å². The van der Waals surface area contributed by atoms with Gasteiger partial charge in [-0.05, 0) is 25.8 Å². The highest BCUT2D eigenvalue weighted by Gasteiger charge is 2.22. The van der Waals surface area contributed by atoms with Crippen molar-refractivity contribution in [2.75, 3.05) is 6.54 Å². The molecule has 4 N–H and O–H groups in total. The maximum Gasteiger partial charge on any atom is 0.321 e. The minimum absolute atomic E-state index is 0.0232. The number of nitrogens with zero attached hydrogens (tertiary/aromatic N) is 1. The number of carbonyl (C=O) groups is 4. The number of imide groups is 1. The van der Waals surface area contributed by atoms with E-state index in [1.54, 1.807) is 18.2 Å². The van der Waals surface area contributed by atoms with Crippen molar-refractivity contribution in [3.63, 3.8) is 0 Å². The van der Waals surface area contributed by atoms with Crippen LogP contribution in [0.5, 0.6) is 0 Å². The molecule has 1 unspecified atom stereocenters. The van der Waals surface area contributed by atoms with Crippen molar-refractivity contribution >= 4 is 34.7 Å². The Bertz CT molecular complexity index is 951. The minimum atomic E-state index is -1.13. The molecule has 0 saturated heterocycles. The number of urea groups is 1. The predicted octanol–water partition coefficient (Wildman–Crippen LogP) is 1.77. The maximum absolute atomic E-state index is 12.3. The zero-order chi connectivity index (χ0) is 22.2. The zero-order valence-corrected chi connectivity index (χ0v) is 17.4. The molecular formula is C21H27N5O5. The molecule has 0 bridgehead atoms. The quantitative estimate of drug-likeness (QED) is 0.494. The Hall–Kier alpha value is -3.43. The van der Waals surface area contributed by atoms with E-state index < -0.39 is 29.9 Å². The van der Waals surface area contributed by atoms with E-state index in [0.29, 0.717) is 5.39 Å². The third kappa shape index (κ3) is 6.27. The van der Waals surface area contributed by atoms with Crippen molar-refractivity contribution in [2.24, 2.45) is 0 Å². The fourth-order valence-electron chi connectivity index (χ4n) is 3.49. The van der Waals surface area contributed by atoms with Crippen LogP contribution < -0.4 is 16.0 Å². The number of carbonyl (C=O) groups excluding carboxylic acids is 4. The fourth-order valence-corrected chi connectivity index (χ4v) is 3.49. The average Bonchev–Trinajstić information content (AvgIpc) is 3.18. The topological polar surface area (TPSA) is 142 Å². The lowest BCUT2D eigenvalue weighted by atomic mass is 9.96. The average molecular weight is 429 g/mol. The van der Waals surface area contributed by atoms with Crippen LogP contribution in [0, 0.1) is 0 Å². The molecular weight excluding hydrogens is 402 g/mol. The fraction of sp³-hybridized carbons (Fsp3) is 0.476. The third-order valence-corrected chi connectivity index (χ3v) is 5.15. The van der Waals surface area contributed by atoms with Gasteiger partial charge in [0.2, 0.25) is 0 Å². The molecule has 31 heavy (non-hydrogen) atoms. The van der Waals surface area contributed by atoms with Crippen molar-refractivity contribution in [3.05, 3.63) is 30.0 Å². The Morgan fingerprint density at radius 1 is 1.16 bits per heavy atom. The summed E-state index contributed by atoms with van der Waals surface area (Å²) in [4.78, 5) is 48.2. The first kappa shape index (κ1) is 22.3. The number of hydrogen-bond donors (Lipinski definition) is 4.